The minimum absolute atomic E-state index is 0.0657. The number of nitrogens with zero attached hydrogens (tertiary/aromatic N) is 1. The second-order valence-corrected chi connectivity index (χ2v) is 5.72. The number of hydrogen-bond acceptors (Lipinski definition) is 2. The Hall–Kier alpha value is -1.55. The maximum absolute atomic E-state index is 11.8. The van der Waals surface area contributed by atoms with Gasteiger partial charge in [0.05, 0.1) is 0 Å². The first-order valence-electron chi connectivity index (χ1n) is 6.14. The second-order valence-electron chi connectivity index (χ2n) is 4.80. The van der Waals surface area contributed by atoms with Crippen molar-refractivity contribution in [2.24, 2.45) is 0 Å². The SMILES string of the molecule is CC(Nc1ccc2cc(Br)ccc2c1)C(=O)N(C)C. The van der Waals surface area contributed by atoms with Crippen LogP contribution < -0.4 is 5.32 Å². The van der Waals surface area contributed by atoms with Gasteiger partial charge in [0.2, 0.25) is 5.91 Å². The zero-order valence-corrected chi connectivity index (χ0v) is 12.9. The molecular weight excluding hydrogens is 304 g/mol. The Morgan fingerprint density at radius 1 is 1.16 bits per heavy atom. The predicted octanol–water partition coefficient (Wildman–Crippen LogP) is 3.49. The van der Waals surface area contributed by atoms with Gasteiger partial charge in [0.25, 0.3) is 0 Å². The number of carbonyl (C=O) groups excluding carboxylic acids is 1. The van der Waals surface area contributed by atoms with E-state index in [2.05, 4.69) is 45.5 Å². The quantitative estimate of drug-likeness (QED) is 0.938. The lowest BCUT2D eigenvalue weighted by Crippen LogP contribution is -2.36. The topological polar surface area (TPSA) is 32.3 Å². The number of rotatable bonds is 3. The van der Waals surface area contributed by atoms with Gasteiger partial charge in [-0.15, -0.1) is 0 Å². The van der Waals surface area contributed by atoms with Gasteiger partial charge in [-0.05, 0) is 42.0 Å². The number of benzene rings is 2. The number of anilines is 1. The van der Waals surface area contributed by atoms with Crippen LogP contribution in [0.2, 0.25) is 0 Å². The van der Waals surface area contributed by atoms with E-state index in [0.717, 1.165) is 15.5 Å². The Bertz CT molecular complexity index is 610. The van der Waals surface area contributed by atoms with Crippen LogP contribution in [0.5, 0.6) is 0 Å². The zero-order valence-electron chi connectivity index (χ0n) is 11.3. The van der Waals surface area contributed by atoms with Crippen molar-refractivity contribution in [1.29, 1.82) is 0 Å². The van der Waals surface area contributed by atoms with Crippen LogP contribution in [-0.2, 0) is 4.79 Å². The van der Waals surface area contributed by atoms with E-state index in [0.29, 0.717) is 0 Å². The van der Waals surface area contributed by atoms with Gasteiger partial charge < -0.3 is 10.2 Å². The molecule has 0 radical (unpaired) electrons. The summed E-state index contributed by atoms with van der Waals surface area (Å²) in [5, 5.41) is 5.55. The molecule has 0 aliphatic heterocycles. The molecule has 1 unspecified atom stereocenters. The molecule has 2 rings (SSSR count). The van der Waals surface area contributed by atoms with Gasteiger partial charge in [-0.25, -0.2) is 0 Å². The average Bonchev–Trinajstić information content (AvgIpc) is 2.37. The molecular formula is C15H17BrN2O. The molecule has 3 nitrogen and oxygen atoms in total. The molecule has 2 aromatic carbocycles. The van der Waals surface area contributed by atoms with Crippen molar-refractivity contribution >= 4 is 38.3 Å². The van der Waals surface area contributed by atoms with E-state index >= 15 is 0 Å². The summed E-state index contributed by atoms with van der Waals surface area (Å²) in [5.74, 6) is 0.0657. The highest BCUT2D eigenvalue weighted by Gasteiger charge is 2.14. The fourth-order valence-electron chi connectivity index (χ4n) is 2.01. The molecule has 0 saturated heterocycles. The van der Waals surface area contributed by atoms with E-state index < -0.39 is 0 Å². The highest BCUT2D eigenvalue weighted by molar-refractivity contribution is 9.10. The standard InChI is InChI=1S/C15H17BrN2O/c1-10(15(19)18(2)3)17-14-7-5-11-8-13(16)6-4-12(11)9-14/h4-10,17H,1-3H3. The Kier molecular flexibility index (Phi) is 4.10. The van der Waals surface area contributed by atoms with Crippen molar-refractivity contribution in [3.8, 4) is 0 Å². The summed E-state index contributed by atoms with van der Waals surface area (Å²) in [7, 11) is 3.52. The van der Waals surface area contributed by atoms with Crippen LogP contribution in [-0.4, -0.2) is 30.9 Å². The fourth-order valence-corrected chi connectivity index (χ4v) is 2.38. The van der Waals surface area contributed by atoms with Crippen molar-refractivity contribution in [3.05, 3.63) is 40.9 Å². The van der Waals surface area contributed by atoms with E-state index in [9.17, 15) is 4.79 Å². The number of nitrogens with one attached hydrogen (secondary N) is 1. The molecule has 0 spiro atoms. The highest BCUT2D eigenvalue weighted by Crippen LogP contribution is 2.23. The van der Waals surface area contributed by atoms with Crippen molar-refractivity contribution in [2.45, 2.75) is 13.0 Å². The smallest absolute Gasteiger partial charge is 0.244 e. The van der Waals surface area contributed by atoms with Crippen molar-refractivity contribution in [3.63, 3.8) is 0 Å². The number of likely N-dealkylation sites (N-methyl/N-ethyl adjacent to an activating group) is 1. The number of halogens is 1. The molecule has 1 atom stereocenters. The molecule has 0 saturated carbocycles. The fraction of sp³-hybridized carbons (Fsp3) is 0.267. The molecule has 0 heterocycles. The Morgan fingerprint density at radius 2 is 1.79 bits per heavy atom. The summed E-state index contributed by atoms with van der Waals surface area (Å²) in [4.78, 5) is 13.4. The number of carbonyl (C=O) groups is 1. The van der Waals surface area contributed by atoms with Crippen molar-refractivity contribution < 1.29 is 4.79 Å². The van der Waals surface area contributed by atoms with E-state index in [1.54, 1.807) is 19.0 Å². The first-order valence-corrected chi connectivity index (χ1v) is 6.93. The van der Waals surface area contributed by atoms with Gasteiger partial charge in [0, 0.05) is 24.3 Å². The largest absolute Gasteiger partial charge is 0.374 e. The third kappa shape index (κ3) is 3.26. The summed E-state index contributed by atoms with van der Waals surface area (Å²) >= 11 is 3.46. The van der Waals surface area contributed by atoms with E-state index in [4.69, 9.17) is 0 Å². The van der Waals surface area contributed by atoms with Gasteiger partial charge >= 0.3 is 0 Å². The van der Waals surface area contributed by atoms with Crippen LogP contribution in [0.25, 0.3) is 10.8 Å². The number of amides is 1. The van der Waals surface area contributed by atoms with Crippen LogP contribution in [0.3, 0.4) is 0 Å². The third-order valence-electron chi connectivity index (χ3n) is 3.00. The molecule has 0 aliphatic carbocycles. The molecule has 19 heavy (non-hydrogen) atoms. The highest BCUT2D eigenvalue weighted by atomic mass is 79.9. The van der Waals surface area contributed by atoms with E-state index in [1.807, 2.05) is 19.1 Å². The van der Waals surface area contributed by atoms with Gasteiger partial charge in [0.15, 0.2) is 0 Å². The summed E-state index contributed by atoms with van der Waals surface area (Å²) < 4.78 is 1.07. The number of hydrogen-bond donors (Lipinski definition) is 1. The van der Waals surface area contributed by atoms with Crippen LogP contribution in [0, 0.1) is 0 Å². The maximum atomic E-state index is 11.8. The first-order chi connectivity index (χ1) is 8.97. The van der Waals surface area contributed by atoms with Gasteiger partial charge in [-0.1, -0.05) is 28.1 Å². The normalized spacial score (nSPS) is 12.2. The van der Waals surface area contributed by atoms with Crippen molar-refractivity contribution in [2.75, 3.05) is 19.4 Å². The molecule has 1 N–H and O–H groups in total. The molecule has 2 aromatic rings. The van der Waals surface area contributed by atoms with Crippen LogP contribution in [0.1, 0.15) is 6.92 Å². The molecule has 0 fully saturated rings. The monoisotopic (exact) mass is 320 g/mol. The zero-order chi connectivity index (χ0) is 14.0. The summed E-state index contributed by atoms with van der Waals surface area (Å²) in [6.07, 6.45) is 0. The molecule has 0 aromatic heterocycles. The Labute approximate surface area is 121 Å². The molecule has 0 bridgehead atoms. The van der Waals surface area contributed by atoms with Gasteiger partial charge in [-0.3, -0.25) is 4.79 Å². The summed E-state index contributed by atoms with van der Waals surface area (Å²) in [6, 6.07) is 12.0. The van der Waals surface area contributed by atoms with Gasteiger partial charge in [-0.2, -0.15) is 0 Å². The van der Waals surface area contributed by atoms with Crippen LogP contribution in [0.4, 0.5) is 5.69 Å². The van der Waals surface area contributed by atoms with E-state index in [-0.39, 0.29) is 11.9 Å². The second kappa shape index (κ2) is 5.61. The predicted molar refractivity (Wildman–Crippen MR) is 83.4 cm³/mol. The Balaban J connectivity index is 2.22. The molecule has 0 aliphatic rings. The van der Waals surface area contributed by atoms with Gasteiger partial charge in [0.1, 0.15) is 6.04 Å². The lowest BCUT2D eigenvalue weighted by atomic mass is 10.1. The third-order valence-corrected chi connectivity index (χ3v) is 3.49. The van der Waals surface area contributed by atoms with E-state index in [1.165, 1.54) is 5.39 Å². The first kappa shape index (κ1) is 13.9. The van der Waals surface area contributed by atoms with Crippen LogP contribution >= 0.6 is 15.9 Å². The Morgan fingerprint density at radius 3 is 2.47 bits per heavy atom. The van der Waals surface area contributed by atoms with Crippen molar-refractivity contribution in [1.82, 2.24) is 4.90 Å². The summed E-state index contributed by atoms with van der Waals surface area (Å²) in [5.41, 5.74) is 0.956. The minimum atomic E-state index is -0.233. The molecule has 100 valence electrons. The lowest BCUT2D eigenvalue weighted by molar-refractivity contribution is -0.129. The summed E-state index contributed by atoms with van der Waals surface area (Å²) in [6.45, 7) is 1.87. The maximum Gasteiger partial charge on any atom is 0.244 e. The molecule has 1 amide bonds. The molecule has 4 heteroatoms. The van der Waals surface area contributed by atoms with Crippen LogP contribution in [0.15, 0.2) is 40.9 Å². The number of fused-ring (bicyclic) bond motifs is 1. The average molecular weight is 321 g/mol. The minimum Gasteiger partial charge on any atom is -0.374 e. The lowest BCUT2D eigenvalue weighted by Gasteiger charge is -2.19.